The molecule has 1 aromatic carbocycles. The second-order valence-electron chi connectivity index (χ2n) is 8.02. The van der Waals surface area contributed by atoms with Crippen molar-refractivity contribution in [2.24, 2.45) is 0 Å². The SMILES string of the molecule is CC1(c2cc(N[C@H](C=O)N3CCN(C4CNC4)CC3)c(O)cc2Cl)CC1.Cl. The number of piperazine rings is 1. The molecule has 0 spiro atoms. The molecule has 150 valence electrons. The lowest BCUT2D eigenvalue weighted by molar-refractivity contribution is -0.112. The number of phenols is 1. The molecule has 1 aromatic rings. The summed E-state index contributed by atoms with van der Waals surface area (Å²) in [5, 5.41) is 17.4. The first-order valence-electron chi connectivity index (χ1n) is 9.44. The fourth-order valence-corrected chi connectivity index (χ4v) is 4.27. The minimum absolute atomic E-state index is 0. The lowest BCUT2D eigenvalue weighted by atomic mass is 9.97. The van der Waals surface area contributed by atoms with Crippen molar-refractivity contribution in [2.75, 3.05) is 44.6 Å². The number of aldehydes is 1. The standard InChI is InChI=1S/C19H27ClN4O2.ClH/c1-19(2-3-19)14-8-16(17(26)9-15(14)20)22-18(12-25)24-6-4-23(5-7-24)13-10-21-11-13;/h8-9,12-13,18,21-22,26H,2-7,10-11H2,1H3;1H/t18-;/m0./s1. The van der Waals surface area contributed by atoms with E-state index >= 15 is 0 Å². The molecule has 27 heavy (non-hydrogen) atoms. The molecule has 0 aromatic heterocycles. The molecule has 0 radical (unpaired) electrons. The summed E-state index contributed by atoms with van der Waals surface area (Å²) in [6.07, 6.45) is 2.69. The zero-order valence-electron chi connectivity index (χ0n) is 15.6. The van der Waals surface area contributed by atoms with Crippen molar-refractivity contribution in [3.63, 3.8) is 0 Å². The van der Waals surface area contributed by atoms with Gasteiger partial charge in [0.05, 0.1) is 5.69 Å². The van der Waals surface area contributed by atoms with E-state index in [2.05, 4.69) is 27.4 Å². The van der Waals surface area contributed by atoms with Gasteiger partial charge in [-0.3, -0.25) is 14.6 Å². The van der Waals surface area contributed by atoms with Gasteiger partial charge in [0.25, 0.3) is 0 Å². The van der Waals surface area contributed by atoms with Gasteiger partial charge in [-0.1, -0.05) is 18.5 Å². The molecule has 8 heteroatoms. The van der Waals surface area contributed by atoms with E-state index < -0.39 is 6.17 Å². The Hall–Kier alpha value is -1.05. The summed E-state index contributed by atoms with van der Waals surface area (Å²) in [4.78, 5) is 16.4. The van der Waals surface area contributed by atoms with Crippen LogP contribution in [0.3, 0.4) is 0 Å². The number of benzene rings is 1. The summed E-state index contributed by atoms with van der Waals surface area (Å²) in [6.45, 7) is 7.92. The summed E-state index contributed by atoms with van der Waals surface area (Å²) in [6, 6.07) is 4.14. The molecule has 0 amide bonds. The van der Waals surface area contributed by atoms with E-state index in [0.717, 1.165) is 64.0 Å². The number of nitrogens with one attached hydrogen (secondary N) is 2. The van der Waals surface area contributed by atoms with E-state index in [1.54, 1.807) is 6.07 Å². The van der Waals surface area contributed by atoms with Crippen LogP contribution in [0.4, 0.5) is 5.69 Å². The zero-order chi connectivity index (χ0) is 18.3. The second-order valence-corrected chi connectivity index (χ2v) is 8.43. The van der Waals surface area contributed by atoms with Gasteiger partial charge in [0.15, 0.2) is 6.29 Å². The fraction of sp³-hybridized carbons (Fsp3) is 0.632. The van der Waals surface area contributed by atoms with Gasteiger partial charge in [-0.25, -0.2) is 0 Å². The van der Waals surface area contributed by atoms with Crippen LogP contribution in [0, 0.1) is 0 Å². The van der Waals surface area contributed by atoms with Crippen LogP contribution in [-0.2, 0) is 10.2 Å². The minimum atomic E-state index is -0.441. The predicted octanol–water partition coefficient (Wildman–Crippen LogP) is 2.05. The van der Waals surface area contributed by atoms with Gasteiger partial charge >= 0.3 is 0 Å². The molecule has 6 nitrogen and oxygen atoms in total. The lowest BCUT2D eigenvalue weighted by Crippen LogP contribution is -2.63. The number of phenolic OH excluding ortho intramolecular Hbond substituents is 1. The molecule has 3 aliphatic rings. The van der Waals surface area contributed by atoms with Crippen LogP contribution in [0.1, 0.15) is 25.3 Å². The van der Waals surface area contributed by atoms with Crippen molar-refractivity contribution in [1.29, 1.82) is 0 Å². The molecule has 4 rings (SSSR count). The number of halogens is 2. The highest BCUT2D eigenvalue weighted by molar-refractivity contribution is 6.31. The lowest BCUT2D eigenvalue weighted by Gasteiger charge is -2.44. The van der Waals surface area contributed by atoms with E-state index in [1.807, 2.05) is 6.07 Å². The largest absolute Gasteiger partial charge is 0.506 e. The van der Waals surface area contributed by atoms with Crippen LogP contribution in [0.15, 0.2) is 12.1 Å². The van der Waals surface area contributed by atoms with E-state index in [9.17, 15) is 9.90 Å². The molecule has 2 aliphatic heterocycles. The summed E-state index contributed by atoms with van der Waals surface area (Å²) in [5.41, 5.74) is 1.73. The highest BCUT2D eigenvalue weighted by atomic mass is 35.5. The Balaban J connectivity index is 0.00000210. The van der Waals surface area contributed by atoms with Gasteiger partial charge in [-0.2, -0.15) is 0 Å². The van der Waals surface area contributed by atoms with Gasteiger partial charge in [0, 0.05) is 56.4 Å². The quantitative estimate of drug-likeness (QED) is 0.488. The smallest absolute Gasteiger partial charge is 0.157 e. The maximum Gasteiger partial charge on any atom is 0.157 e. The second kappa shape index (κ2) is 8.13. The molecule has 1 atom stereocenters. The van der Waals surface area contributed by atoms with Gasteiger partial charge in [0.2, 0.25) is 0 Å². The van der Waals surface area contributed by atoms with Gasteiger partial charge in [-0.15, -0.1) is 12.4 Å². The number of hydrogen-bond acceptors (Lipinski definition) is 6. The third-order valence-electron chi connectivity index (χ3n) is 6.19. The Morgan fingerprint density at radius 2 is 1.96 bits per heavy atom. The van der Waals surface area contributed by atoms with Crippen molar-refractivity contribution < 1.29 is 9.90 Å². The monoisotopic (exact) mass is 414 g/mol. The molecular formula is C19H28Cl2N4O2. The van der Waals surface area contributed by atoms with Crippen molar-refractivity contribution in [3.8, 4) is 5.75 Å². The van der Waals surface area contributed by atoms with Crippen molar-refractivity contribution in [2.45, 2.75) is 37.4 Å². The molecule has 2 saturated heterocycles. The first kappa shape index (κ1) is 20.7. The summed E-state index contributed by atoms with van der Waals surface area (Å²) < 4.78 is 0. The normalized spacial score (nSPS) is 23.8. The van der Waals surface area contributed by atoms with Gasteiger partial charge in [-0.05, 0) is 29.9 Å². The van der Waals surface area contributed by atoms with Crippen LogP contribution < -0.4 is 10.6 Å². The molecule has 0 unspecified atom stereocenters. The molecule has 0 bridgehead atoms. The Labute approximate surface area is 171 Å². The van der Waals surface area contributed by atoms with Crippen molar-refractivity contribution in [3.05, 3.63) is 22.7 Å². The third kappa shape index (κ3) is 4.20. The summed E-state index contributed by atoms with van der Waals surface area (Å²) >= 11 is 6.33. The average molecular weight is 415 g/mol. The summed E-state index contributed by atoms with van der Waals surface area (Å²) in [7, 11) is 0. The first-order valence-corrected chi connectivity index (χ1v) is 9.81. The van der Waals surface area contributed by atoms with Crippen LogP contribution >= 0.6 is 24.0 Å². The van der Waals surface area contributed by atoms with Gasteiger partial charge in [0.1, 0.15) is 11.9 Å². The minimum Gasteiger partial charge on any atom is -0.506 e. The maximum atomic E-state index is 11.7. The van der Waals surface area contributed by atoms with Crippen molar-refractivity contribution in [1.82, 2.24) is 15.1 Å². The molecule has 3 N–H and O–H groups in total. The van der Waals surface area contributed by atoms with Crippen molar-refractivity contribution >= 4 is 36.0 Å². The number of carbonyl (C=O) groups excluding carboxylic acids is 1. The zero-order valence-corrected chi connectivity index (χ0v) is 17.2. The van der Waals surface area contributed by atoms with Crippen LogP contribution in [0.25, 0.3) is 0 Å². The first-order chi connectivity index (χ1) is 12.5. The summed E-state index contributed by atoms with van der Waals surface area (Å²) in [5.74, 6) is 0.0917. The third-order valence-corrected chi connectivity index (χ3v) is 6.50. The number of carbonyl (C=O) groups is 1. The van der Waals surface area contributed by atoms with Crippen LogP contribution in [0.5, 0.6) is 5.75 Å². The van der Waals surface area contributed by atoms with E-state index in [1.165, 1.54) is 0 Å². The Kier molecular flexibility index (Phi) is 6.23. The predicted molar refractivity (Wildman–Crippen MR) is 110 cm³/mol. The Morgan fingerprint density at radius 3 is 2.48 bits per heavy atom. The van der Waals surface area contributed by atoms with E-state index in [4.69, 9.17) is 11.6 Å². The average Bonchev–Trinajstić information content (AvgIpc) is 3.32. The number of rotatable bonds is 6. The molecule has 1 aliphatic carbocycles. The maximum absolute atomic E-state index is 11.7. The topological polar surface area (TPSA) is 67.8 Å². The number of nitrogens with zero attached hydrogens (tertiary/aromatic N) is 2. The number of aromatic hydroxyl groups is 1. The van der Waals surface area contributed by atoms with Crippen LogP contribution in [0.2, 0.25) is 5.02 Å². The molecule has 1 saturated carbocycles. The Morgan fingerprint density at radius 1 is 1.30 bits per heavy atom. The molecule has 2 heterocycles. The highest BCUT2D eigenvalue weighted by Gasteiger charge is 2.41. The number of anilines is 1. The van der Waals surface area contributed by atoms with E-state index in [-0.39, 0.29) is 23.6 Å². The van der Waals surface area contributed by atoms with Gasteiger partial charge < -0.3 is 15.7 Å². The Bertz CT molecular complexity index is 687. The fourth-order valence-electron chi connectivity index (χ4n) is 3.88. The molecule has 3 fully saturated rings. The number of hydrogen-bond donors (Lipinski definition) is 3. The van der Waals surface area contributed by atoms with Crippen LogP contribution in [-0.4, -0.2) is 72.7 Å². The highest BCUT2D eigenvalue weighted by Crippen LogP contribution is 2.51. The van der Waals surface area contributed by atoms with E-state index in [0.29, 0.717) is 16.8 Å². The molecular weight excluding hydrogens is 387 g/mol.